The zero-order valence-electron chi connectivity index (χ0n) is 17.0. The molecule has 29 heavy (non-hydrogen) atoms. The fourth-order valence-electron chi connectivity index (χ4n) is 4.65. The highest BCUT2D eigenvalue weighted by Crippen LogP contribution is 2.26. The Bertz CT molecular complexity index is 879. The second-order valence-electron chi connectivity index (χ2n) is 8.40. The first kappa shape index (κ1) is 19.7. The Morgan fingerprint density at radius 2 is 1.76 bits per heavy atom. The molecule has 1 saturated heterocycles. The minimum Gasteiger partial charge on any atom is -0.339 e. The van der Waals surface area contributed by atoms with Crippen LogP contribution in [0.1, 0.15) is 59.2 Å². The number of rotatable bonds is 6. The molecule has 150 valence electrons. The number of amides is 1. The lowest BCUT2D eigenvalue weighted by Crippen LogP contribution is -2.38. The van der Waals surface area contributed by atoms with Crippen LogP contribution in [0.3, 0.4) is 0 Å². The van der Waals surface area contributed by atoms with Gasteiger partial charge in [-0.25, -0.2) is 0 Å². The molecule has 2 aliphatic heterocycles. The summed E-state index contributed by atoms with van der Waals surface area (Å²) >= 11 is 0. The van der Waals surface area contributed by atoms with Gasteiger partial charge in [0.2, 0.25) is 0 Å². The molecular weight excluding hydrogens is 358 g/mol. The van der Waals surface area contributed by atoms with Crippen molar-refractivity contribution in [1.82, 2.24) is 9.80 Å². The highest BCUT2D eigenvalue weighted by atomic mass is 16.2. The molecule has 2 aliphatic rings. The van der Waals surface area contributed by atoms with Crippen LogP contribution >= 0.6 is 0 Å². The van der Waals surface area contributed by atoms with Crippen molar-refractivity contribution in [2.24, 2.45) is 5.92 Å². The van der Waals surface area contributed by atoms with Crippen molar-refractivity contribution in [1.29, 1.82) is 5.26 Å². The molecule has 0 atom stereocenters. The number of nitriles is 1. The van der Waals surface area contributed by atoms with Crippen molar-refractivity contribution in [3.05, 3.63) is 70.8 Å². The minimum atomic E-state index is 0.178. The van der Waals surface area contributed by atoms with Gasteiger partial charge in [-0.2, -0.15) is 5.26 Å². The van der Waals surface area contributed by atoms with Gasteiger partial charge >= 0.3 is 0 Å². The Kier molecular flexibility index (Phi) is 6.27. The summed E-state index contributed by atoms with van der Waals surface area (Å²) in [6, 6.07) is 17.9. The van der Waals surface area contributed by atoms with Crippen molar-refractivity contribution in [3.63, 3.8) is 0 Å². The van der Waals surface area contributed by atoms with Gasteiger partial charge in [0.1, 0.15) is 0 Å². The molecule has 4 rings (SSSR count). The molecule has 2 aromatic rings. The second-order valence-corrected chi connectivity index (χ2v) is 8.40. The van der Waals surface area contributed by atoms with Crippen LogP contribution in [0.2, 0.25) is 0 Å². The van der Waals surface area contributed by atoms with E-state index in [0.29, 0.717) is 0 Å². The van der Waals surface area contributed by atoms with E-state index in [1.165, 1.54) is 30.4 Å². The number of likely N-dealkylation sites (tertiary alicyclic amines) is 1. The Labute approximate surface area is 173 Å². The number of fused-ring (bicyclic) bond motifs is 1. The van der Waals surface area contributed by atoms with Crippen molar-refractivity contribution in [2.75, 3.05) is 19.6 Å². The zero-order chi connectivity index (χ0) is 20.1. The number of carbonyl (C=O) groups is 1. The summed E-state index contributed by atoms with van der Waals surface area (Å²) in [5.74, 6) is 0.931. The molecule has 0 spiro atoms. The van der Waals surface area contributed by atoms with Gasteiger partial charge < -0.3 is 4.90 Å². The van der Waals surface area contributed by atoms with E-state index in [9.17, 15) is 4.79 Å². The van der Waals surface area contributed by atoms with Crippen LogP contribution in [0, 0.1) is 17.2 Å². The van der Waals surface area contributed by atoms with Crippen LogP contribution < -0.4 is 0 Å². The topological polar surface area (TPSA) is 47.3 Å². The summed E-state index contributed by atoms with van der Waals surface area (Å²) in [5.41, 5.74) is 4.26. The highest BCUT2D eigenvalue weighted by molar-refractivity contribution is 5.94. The number of unbranched alkanes of at least 4 members (excludes halogenated alkanes) is 1. The van der Waals surface area contributed by atoms with Gasteiger partial charge in [-0.15, -0.1) is 0 Å². The van der Waals surface area contributed by atoms with Gasteiger partial charge in [-0.1, -0.05) is 37.1 Å². The average molecular weight is 388 g/mol. The van der Waals surface area contributed by atoms with E-state index in [1.807, 2.05) is 47.4 Å². The van der Waals surface area contributed by atoms with Crippen LogP contribution in [0.15, 0.2) is 48.5 Å². The van der Waals surface area contributed by atoms with E-state index in [2.05, 4.69) is 17.0 Å². The van der Waals surface area contributed by atoms with E-state index in [1.54, 1.807) is 0 Å². The molecule has 0 N–H and O–H groups in total. The number of hydrogen-bond donors (Lipinski definition) is 0. The Hall–Kier alpha value is -2.64. The van der Waals surface area contributed by atoms with E-state index in [0.717, 1.165) is 62.6 Å². The average Bonchev–Trinajstić information content (AvgIpc) is 3.19. The molecule has 1 amide bonds. The zero-order valence-corrected chi connectivity index (χ0v) is 17.0. The number of nitrogens with zero attached hydrogens (tertiary/aromatic N) is 3. The lowest BCUT2D eigenvalue weighted by Gasteiger charge is -2.32. The number of carbonyl (C=O) groups excluding carboxylic acids is 1. The van der Waals surface area contributed by atoms with E-state index >= 15 is 0 Å². The fourth-order valence-corrected chi connectivity index (χ4v) is 4.65. The summed E-state index contributed by atoms with van der Waals surface area (Å²) in [4.78, 5) is 17.1. The highest BCUT2D eigenvalue weighted by Gasteiger charge is 2.23. The smallest absolute Gasteiger partial charge is 0.253 e. The van der Waals surface area contributed by atoms with Crippen molar-refractivity contribution in [2.45, 2.75) is 45.2 Å². The van der Waals surface area contributed by atoms with Crippen molar-refractivity contribution < 1.29 is 4.79 Å². The quantitative estimate of drug-likeness (QED) is 0.681. The van der Waals surface area contributed by atoms with Crippen molar-refractivity contribution in [3.8, 4) is 6.07 Å². The fraction of sp³-hybridized carbons (Fsp3) is 0.440. The molecular formula is C25H29N3O. The molecule has 4 nitrogen and oxygen atoms in total. The predicted octanol–water partition coefficient (Wildman–Crippen LogP) is 4.60. The Morgan fingerprint density at radius 1 is 1.00 bits per heavy atom. The summed E-state index contributed by atoms with van der Waals surface area (Å²) in [6.45, 7) is 4.90. The van der Waals surface area contributed by atoms with Crippen LogP contribution in [0.4, 0.5) is 0 Å². The monoisotopic (exact) mass is 387 g/mol. The molecule has 0 aromatic heterocycles. The van der Waals surface area contributed by atoms with Gasteiger partial charge in [0.05, 0.1) is 11.6 Å². The van der Waals surface area contributed by atoms with Gasteiger partial charge in [-0.3, -0.25) is 9.69 Å². The molecule has 0 bridgehead atoms. The molecule has 2 aromatic carbocycles. The van der Waals surface area contributed by atoms with Crippen LogP contribution in [-0.2, 0) is 13.1 Å². The van der Waals surface area contributed by atoms with Gasteiger partial charge in [0, 0.05) is 31.7 Å². The predicted molar refractivity (Wildman–Crippen MR) is 114 cm³/mol. The van der Waals surface area contributed by atoms with Gasteiger partial charge in [0.15, 0.2) is 0 Å². The van der Waals surface area contributed by atoms with Gasteiger partial charge in [0.25, 0.3) is 5.91 Å². The lowest BCUT2D eigenvalue weighted by molar-refractivity contribution is 0.0685. The molecule has 0 saturated carbocycles. The SMILES string of the molecule is N#Cc1ccc2c(c1)CN(CCCCC1CCN(C(=O)c3ccccc3)CC1)C2. The first-order chi connectivity index (χ1) is 14.2. The Morgan fingerprint density at radius 3 is 2.52 bits per heavy atom. The Balaban J connectivity index is 1.14. The minimum absolute atomic E-state index is 0.178. The second kappa shape index (κ2) is 9.24. The summed E-state index contributed by atoms with van der Waals surface area (Å²) in [5, 5.41) is 9.05. The third-order valence-electron chi connectivity index (χ3n) is 6.38. The third-order valence-corrected chi connectivity index (χ3v) is 6.38. The maximum absolute atomic E-state index is 12.6. The number of piperidine rings is 1. The van der Waals surface area contributed by atoms with E-state index in [-0.39, 0.29) is 5.91 Å². The normalized spacial score (nSPS) is 17.1. The third kappa shape index (κ3) is 4.86. The lowest BCUT2D eigenvalue weighted by atomic mass is 9.91. The maximum atomic E-state index is 12.6. The molecule has 0 aliphatic carbocycles. The maximum Gasteiger partial charge on any atom is 0.253 e. The van der Waals surface area contributed by atoms with Crippen LogP contribution in [-0.4, -0.2) is 35.3 Å². The molecule has 0 unspecified atom stereocenters. The summed E-state index contributed by atoms with van der Waals surface area (Å²) < 4.78 is 0. The van der Waals surface area contributed by atoms with Crippen LogP contribution in [0.25, 0.3) is 0 Å². The molecule has 0 radical (unpaired) electrons. The molecule has 4 heteroatoms. The van der Waals surface area contributed by atoms with Gasteiger partial charge in [-0.05, 0) is 67.1 Å². The summed E-state index contributed by atoms with van der Waals surface area (Å²) in [6.07, 6.45) is 6.01. The van der Waals surface area contributed by atoms with Crippen LogP contribution in [0.5, 0.6) is 0 Å². The number of hydrogen-bond acceptors (Lipinski definition) is 3. The number of benzene rings is 2. The first-order valence-corrected chi connectivity index (χ1v) is 10.8. The largest absolute Gasteiger partial charge is 0.339 e. The first-order valence-electron chi connectivity index (χ1n) is 10.8. The van der Waals surface area contributed by atoms with Crippen molar-refractivity contribution >= 4 is 5.91 Å². The van der Waals surface area contributed by atoms with E-state index < -0.39 is 0 Å². The molecule has 1 fully saturated rings. The van der Waals surface area contributed by atoms with E-state index in [4.69, 9.17) is 5.26 Å². The molecule has 2 heterocycles. The summed E-state index contributed by atoms with van der Waals surface area (Å²) in [7, 11) is 0. The standard InChI is InChI=1S/C25H29N3O/c26-17-21-9-10-23-18-27(19-24(23)16-21)13-5-4-6-20-11-14-28(15-12-20)25(29)22-7-2-1-3-8-22/h1-3,7-10,16,20H,4-6,11-15,18-19H2.